The van der Waals surface area contributed by atoms with Crippen molar-refractivity contribution >= 4 is 27.7 Å². The molecular formula is C13H13FO6S. The Morgan fingerprint density at radius 1 is 1.33 bits per heavy atom. The molecule has 0 atom stereocenters. The summed E-state index contributed by atoms with van der Waals surface area (Å²) in [5, 5.41) is 9.98. The molecule has 8 heteroatoms. The number of esters is 1. The number of ether oxygens (including phenoxy) is 1. The first kappa shape index (κ1) is 16.8. The molecule has 0 aliphatic carbocycles. The normalized spacial score (nSPS) is 12.5. The van der Waals surface area contributed by atoms with Crippen molar-refractivity contribution in [2.45, 2.75) is 18.7 Å². The van der Waals surface area contributed by atoms with Gasteiger partial charge in [0.1, 0.15) is 11.3 Å². The largest absolute Gasteiger partial charge is 0.506 e. The van der Waals surface area contributed by atoms with Crippen molar-refractivity contribution in [2.75, 3.05) is 6.61 Å². The Labute approximate surface area is 121 Å². The number of benzene rings is 1. The maximum absolute atomic E-state index is 12.9. The van der Waals surface area contributed by atoms with Gasteiger partial charge in [-0.25, -0.2) is 4.79 Å². The van der Waals surface area contributed by atoms with Gasteiger partial charge in [-0.2, -0.15) is 8.42 Å². The zero-order chi connectivity index (χ0) is 16.2. The van der Waals surface area contributed by atoms with E-state index in [1.165, 1.54) is 19.1 Å². The summed E-state index contributed by atoms with van der Waals surface area (Å²) in [6, 6.07) is 4.18. The predicted octanol–water partition coefficient (Wildman–Crippen LogP) is 1.77. The molecule has 0 spiro atoms. The molecule has 6 nitrogen and oxygen atoms in total. The van der Waals surface area contributed by atoms with Crippen molar-refractivity contribution in [3.8, 4) is 0 Å². The van der Waals surface area contributed by atoms with Gasteiger partial charge >= 0.3 is 16.2 Å². The fourth-order valence-corrected chi connectivity index (χ4v) is 2.06. The molecular weight excluding hydrogens is 303 g/mol. The van der Waals surface area contributed by atoms with Crippen molar-refractivity contribution in [3.63, 3.8) is 0 Å². The molecule has 0 fully saturated rings. The summed E-state index contributed by atoms with van der Waals surface area (Å²) in [5.41, 5.74) is -0.822. The molecule has 0 saturated heterocycles. The van der Waals surface area contributed by atoms with Crippen LogP contribution in [0.4, 0.5) is 3.89 Å². The minimum absolute atomic E-state index is 0.0121. The number of Topliss-reactive ketones (excluding diaryl/α,β-unsaturated/α-hetero) is 1. The fourth-order valence-electron chi connectivity index (χ4n) is 1.55. The molecule has 21 heavy (non-hydrogen) atoms. The first-order valence-corrected chi connectivity index (χ1v) is 7.23. The Morgan fingerprint density at radius 3 is 2.43 bits per heavy atom. The quantitative estimate of drug-likeness (QED) is 0.222. The second kappa shape index (κ2) is 6.49. The van der Waals surface area contributed by atoms with Crippen LogP contribution in [0.2, 0.25) is 0 Å². The molecule has 1 aromatic carbocycles. The first-order chi connectivity index (χ1) is 9.68. The van der Waals surface area contributed by atoms with Crippen LogP contribution in [0, 0.1) is 0 Å². The third-order valence-corrected chi connectivity index (χ3v) is 3.27. The first-order valence-electron chi connectivity index (χ1n) is 5.84. The van der Waals surface area contributed by atoms with Gasteiger partial charge in [0, 0.05) is 5.56 Å². The van der Waals surface area contributed by atoms with Gasteiger partial charge in [0.05, 0.1) is 11.5 Å². The van der Waals surface area contributed by atoms with Crippen LogP contribution in [0.25, 0.3) is 5.76 Å². The highest BCUT2D eigenvalue weighted by molar-refractivity contribution is 7.86. The van der Waals surface area contributed by atoms with E-state index in [0.29, 0.717) is 0 Å². The summed E-state index contributed by atoms with van der Waals surface area (Å²) in [5.74, 6) is -2.58. The Hall–Kier alpha value is -2.22. The number of rotatable bonds is 5. The fraction of sp³-hybridized carbons (Fsp3) is 0.231. The summed E-state index contributed by atoms with van der Waals surface area (Å²) in [4.78, 5) is 22.4. The van der Waals surface area contributed by atoms with Gasteiger partial charge in [-0.05, 0) is 26.0 Å². The lowest BCUT2D eigenvalue weighted by molar-refractivity contribution is -0.139. The Kier molecular flexibility index (Phi) is 5.20. The van der Waals surface area contributed by atoms with Gasteiger partial charge in [0.25, 0.3) is 0 Å². The number of hydrogen-bond donors (Lipinski definition) is 1. The molecule has 0 amide bonds. The van der Waals surface area contributed by atoms with Crippen molar-refractivity contribution in [1.82, 2.24) is 0 Å². The highest BCUT2D eigenvalue weighted by Crippen LogP contribution is 2.22. The van der Waals surface area contributed by atoms with Gasteiger partial charge in [-0.3, -0.25) is 4.79 Å². The van der Waals surface area contributed by atoms with E-state index in [1.807, 2.05) is 0 Å². The van der Waals surface area contributed by atoms with E-state index in [9.17, 15) is 27.0 Å². The average molecular weight is 316 g/mol. The van der Waals surface area contributed by atoms with Crippen molar-refractivity contribution in [2.24, 2.45) is 0 Å². The van der Waals surface area contributed by atoms with Crippen LogP contribution in [-0.4, -0.2) is 31.9 Å². The van der Waals surface area contributed by atoms with Crippen LogP contribution in [0.5, 0.6) is 0 Å². The highest BCUT2D eigenvalue weighted by atomic mass is 32.3. The SMILES string of the molecule is CCOC(=O)/C(C(C)=O)=C(/O)c1cccc(S(=O)(=O)F)c1. The third-order valence-electron chi connectivity index (χ3n) is 2.46. The smallest absolute Gasteiger partial charge is 0.345 e. The lowest BCUT2D eigenvalue weighted by atomic mass is 10.1. The van der Waals surface area contributed by atoms with Crippen molar-refractivity contribution in [3.05, 3.63) is 35.4 Å². The summed E-state index contributed by atoms with van der Waals surface area (Å²) >= 11 is 0. The third kappa shape index (κ3) is 4.12. The average Bonchev–Trinajstić information content (AvgIpc) is 2.37. The molecule has 0 aliphatic rings. The van der Waals surface area contributed by atoms with E-state index in [-0.39, 0.29) is 12.2 Å². The molecule has 0 aliphatic heterocycles. The number of aliphatic hydroxyl groups is 1. The van der Waals surface area contributed by atoms with Gasteiger partial charge in [-0.15, -0.1) is 3.89 Å². The van der Waals surface area contributed by atoms with Gasteiger partial charge < -0.3 is 9.84 Å². The Bertz CT molecular complexity index is 705. The van der Waals surface area contributed by atoms with Crippen LogP contribution >= 0.6 is 0 Å². The topological polar surface area (TPSA) is 97.7 Å². The van der Waals surface area contributed by atoms with Crippen LogP contribution in [0.3, 0.4) is 0 Å². The molecule has 0 heterocycles. The molecule has 0 bridgehead atoms. The zero-order valence-corrected chi connectivity index (χ0v) is 12.1. The van der Waals surface area contributed by atoms with E-state index in [2.05, 4.69) is 4.74 Å². The highest BCUT2D eigenvalue weighted by Gasteiger charge is 2.23. The van der Waals surface area contributed by atoms with Gasteiger partial charge in [0.2, 0.25) is 0 Å². The van der Waals surface area contributed by atoms with E-state index in [4.69, 9.17) is 0 Å². The summed E-state index contributed by atoms with van der Waals surface area (Å²) in [6.07, 6.45) is 0. The number of ketones is 1. The van der Waals surface area contributed by atoms with Crippen LogP contribution in [0.1, 0.15) is 19.4 Å². The van der Waals surface area contributed by atoms with Gasteiger partial charge in [-0.1, -0.05) is 12.1 Å². The van der Waals surface area contributed by atoms with Crippen LogP contribution in [0.15, 0.2) is 34.7 Å². The van der Waals surface area contributed by atoms with E-state index < -0.39 is 38.2 Å². The standard InChI is InChI=1S/C13H13FO6S/c1-3-20-13(17)11(8(2)15)12(16)9-5-4-6-10(7-9)21(14,18)19/h4-7,16H,3H2,1-2H3/b12-11+. The molecule has 0 saturated carbocycles. The second-order valence-electron chi connectivity index (χ2n) is 3.97. The minimum Gasteiger partial charge on any atom is -0.506 e. The number of aliphatic hydroxyl groups excluding tert-OH is 1. The lowest BCUT2D eigenvalue weighted by Gasteiger charge is -2.08. The van der Waals surface area contributed by atoms with Crippen molar-refractivity contribution in [1.29, 1.82) is 0 Å². The number of halogens is 1. The second-order valence-corrected chi connectivity index (χ2v) is 5.31. The number of hydrogen-bond acceptors (Lipinski definition) is 6. The number of carbonyl (C=O) groups excluding carboxylic acids is 2. The predicted molar refractivity (Wildman–Crippen MR) is 71.6 cm³/mol. The van der Waals surface area contributed by atoms with Crippen LogP contribution in [-0.2, 0) is 24.5 Å². The minimum atomic E-state index is -4.97. The number of carbonyl (C=O) groups is 2. The summed E-state index contributed by atoms with van der Waals surface area (Å²) < 4.78 is 39.2. The summed E-state index contributed by atoms with van der Waals surface area (Å²) in [6.45, 7) is 2.54. The molecule has 1 aromatic rings. The maximum atomic E-state index is 12.9. The summed E-state index contributed by atoms with van der Waals surface area (Å²) in [7, 11) is -4.97. The zero-order valence-electron chi connectivity index (χ0n) is 11.3. The Morgan fingerprint density at radius 2 is 1.95 bits per heavy atom. The maximum Gasteiger partial charge on any atom is 0.345 e. The Balaban J connectivity index is 3.44. The van der Waals surface area contributed by atoms with E-state index >= 15 is 0 Å². The monoisotopic (exact) mass is 316 g/mol. The molecule has 1 rings (SSSR count). The molecule has 114 valence electrons. The lowest BCUT2D eigenvalue weighted by Crippen LogP contribution is -2.16. The van der Waals surface area contributed by atoms with E-state index in [1.54, 1.807) is 0 Å². The molecule has 1 N–H and O–H groups in total. The van der Waals surface area contributed by atoms with Crippen molar-refractivity contribution < 1.29 is 31.7 Å². The molecule has 0 unspecified atom stereocenters. The van der Waals surface area contributed by atoms with E-state index in [0.717, 1.165) is 19.1 Å². The molecule has 0 aromatic heterocycles. The van der Waals surface area contributed by atoms with Gasteiger partial charge in [0.15, 0.2) is 5.78 Å². The van der Waals surface area contributed by atoms with Crippen LogP contribution < -0.4 is 0 Å². The molecule has 0 radical (unpaired) electrons.